The molecule has 8 nitrogen and oxygen atoms in total. The highest BCUT2D eigenvalue weighted by Crippen LogP contribution is 2.15. The summed E-state index contributed by atoms with van der Waals surface area (Å²) in [6.07, 6.45) is 0.481. The molecule has 2 bridgehead atoms. The van der Waals surface area contributed by atoms with Crippen LogP contribution in [0.15, 0.2) is 4.99 Å². The number of carbonyl (C=O) groups is 1. The summed E-state index contributed by atoms with van der Waals surface area (Å²) < 4.78 is 5.42. The van der Waals surface area contributed by atoms with Crippen molar-refractivity contribution in [3.63, 3.8) is 0 Å². The van der Waals surface area contributed by atoms with Crippen molar-refractivity contribution in [3.8, 4) is 0 Å². The SMILES string of the molecule is CN=C(NCC1CN2CCN1CC2)N(C)CCC(NC(=O)OC(C)(C)C)C(C)C.I. The Morgan fingerprint density at radius 2 is 1.87 bits per heavy atom. The molecule has 0 spiro atoms. The highest BCUT2D eigenvalue weighted by molar-refractivity contribution is 14.0. The fourth-order valence-electron chi connectivity index (χ4n) is 3.98. The van der Waals surface area contributed by atoms with Crippen LogP contribution in [0.4, 0.5) is 4.79 Å². The molecule has 3 aliphatic heterocycles. The maximum Gasteiger partial charge on any atom is 0.407 e. The Bertz CT molecular complexity index is 558. The highest BCUT2D eigenvalue weighted by atomic mass is 127. The van der Waals surface area contributed by atoms with Gasteiger partial charge in [-0.25, -0.2) is 4.79 Å². The molecule has 3 aliphatic rings. The third-order valence-corrected chi connectivity index (χ3v) is 5.74. The van der Waals surface area contributed by atoms with E-state index in [1.165, 1.54) is 26.2 Å². The Morgan fingerprint density at radius 3 is 2.33 bits per heavy atom. The van der Waals surface area contributed by atoms with Crippen molar-refractivity contribution in [1.82, 2.24) is 25.3 Å². The first-order valence-electron chi connectivity index (χ1n) is 11.0. The van der Waals surface area contributed by atoms with Crippen molar-refractivity contribution in [2.45, 2.75) is 58.7 Å². The summed E-state index contributed by atoms with van der Waals surface area (Å²) in [5.41, 5.74) is -0.487. The predicted molar refractivity (Wildman–Crippen MR) is 134 cm³/mol. The van der Waals surface area contributed by atoms with Crippen LogP contribution in [0, 0.1) is 5.92 Å². The number of aliphatic imine (C=N–C) groups is 1. The summed E-state index contributed by atoms with van der Waals surface area (Å²) in [5.74, 6) is 1.23. The van der Waals surface area contributed by atoms with Crippen molar-refractivity contribution in [1.29, 1.82) is 0 Å². The zero-order chi connectivity index (χ0) is 21.6. The van der Waals surface area contributed by atoms with Gasteiger partial charge in [-0.1, -0.05) is 13.8 Å². The second-order valence-corrected chi connectivity index (χ2v) is 9.63. The summed E-state index contributed by atoms with van der Waals surface area (Å²) in [6, 6.07) is 0.610. The van der Waals surface area contributed by atoms with Gasteiger partial charge in [0.25, 0.3) is 0 Å². The fraction of sp³-hybridized carbons (Fsp3) is 0.905. The molecule has 2 unspecified atom stereocenters. The molecule has 0 aliphatic carbocycles. The van der Waals surface area contributed by atoms with Crippen LogP contribution in [0.1, 0.15) is 41.0 Å². The number of hydrogen-bond acceptors (Lipinski definition) is 5. The van der Waals surface area contributed by atoms with Crippen LogP contribution < -0.4 is 10.6 Å². The molecule has 3 fully saturated rings. The Labute approximate surface area is 200 Å². The van der Waals surface area contributed by atoms with Crippen molar-refractivity contribution in [3.05, 3.63) is 0 Å². The molecule has 0 aromatic heterocycles. The van der Waals surface area contributed by atoms with Gasteiger partial charge >= 0.3 is 6.09 Å². The molecule has 3 rings (SSSR count). The zero-order valence-electron chi connectivity index (χ0n) is 19.9. The number of amides is 1. The molecular formula is C21H43IN6O2. The number of hydrogen-bond donors (Lipinski definition) is 2. The average molecular weight is 539 g/mol. The summed E-state index contributed by atoms with van der Waals surface area (Å²) in [5, 5.41) is 6.57. The van der Waals surface area contributed by atoms with E-state index in [1.807, 2.05) is 27.8 Å². The van der Waals surface area contributed by atoms with Gasteiger partial charge in [0.1, 0.15) is 5.60 Å². The van der Waals surface area contributed by atoms with Gasteiger partial charge in [-0.15, -0.1) is 24.0 Å². The number of ether oxygens (including phenoxy) is 1. The van der Waals surface area contributed by atoms with Crippen LogP contribution in [-0.4, -0.2) is 104 Å². The van der Waals surface area contributed by atoms with Gasteiger partial charge in [-0.2, -0.15) is 0 Å². The standard InChI is InChI=1S/C21H42N6O2.HI/c1-16(2)18(24-20(28)29-21(3,4)5)8-9-25(7)19(22-6)23-14-17-15-26-10-12-27(17)13-11-26;/h16-18H,8-15H2,1-7H3,(H,22,23)(H,24,28);1H. The Kier molecular flexibility index (Phi) is 11.1. The van der Waals surface area contributed by atoms with Gasteiger partial charge in [0.05, 0.1) is 0 Å². The van der Waals surface area contributed by atoms with Crippen LogP contribution in [0.2, 0.25) is 0 Å². The molecule has 30 heavy (non-hydrogen) atoms. The highest BCUT2D eigenvalue weighted by Gasteiger charge is 2.31. The Hall–Kier alpha value is -0.810. The lowest BCUT2D eigenvalue weighted by Gasteiger charge is -2.47. The first-order valence-corrected chi connectivity index (χ1v) is 11.0. The van der Waals surface area contributed by atoms with Gasteiger partial charge in [-0.3, -0.25) is 14.8 Å². The monoisotopic (exact) mass is 538 g/mol. The van der Waals surface area contributed by atoms with E-state index in [-0.39, 0.29) is 36.1 Å². The van der Waals surface area contributed by atoms with E-state index >= 15 is 0 Å². The Balaban J connectivity index is 0.00000450. The van der Waals surface area contributed by atoms with E-state index in [2.05, 4.69) is 51.2 Å². The van der Waals surface area contributed by atoms with Crippen LogP contribution >= 0.6 is 24.0 Å². The lowest BCUT2D eigenvalue weighted by Crippen LogP contribution is -2.63. The van der Waals surface area contributed by atoms with Gasteiger partial charge in [0.2, 0.25) is 0 Å². The minimum atomic E-state index is -0.487. The van der Waals surface area contributed by atoms with Gasteiger partial charge in [-0.05, 0) is 33.1 Å². The molecule has 1 amide bonds. The number of nitrogens with one attached hydrogen (secondary N) is 2. The number of alkyl carbamates (subject to hydrolysis) is 1. The number of guanidine groups is 1. The number of carbonyl (C=O) groups excluding carboxylic acids is 1. The fourth-order valence-corrected chi connectivity index (χ4v) is 3.98. The van der Waals surface area contributed by atoms with Gasteiger partial charge in [0, 0.05) is 72.0 Å². The van der Waals surface area contributed by atoms with Crippen LogP contribution in [0.5, 0.6) is 0 Å². The topological polar surface area (TPSA) is 72.4 Å². The molecule has 0 aromatic rings. The molecular weight excluding hydrogens is 495 g/mol. The molecule has 3 saturated heterocycles. The third-order valence-electron chi connectivity index (χ3n) is 5.74. The van der Waals surface area contributed by atoms with Crippen LogP contribution in [0.25, 0.3) is 0 Å². The lowest BCUT2D eigenvalue weighted by molar-refractivity contribution is 0.0152. The molecule has 176 valence electrons. The summed E-state index contributed by atoms with van der Waals surface area (Å²) >= 11 is 0. The number of fused-ring (bicyclic) bond motifs is 3. The first-order chi connectivity index (χ1) is 13.6. The number of piperazine rings is 3. The quantitative estimate of drug-likeness (QED) is 0.294. The molecule has 2 N–H and O–H groups in total. The van der Waals surface area contributed by atoms with E-state index in [0.29, 0.717) is 12.0 Å². The first kappa shape index (κ1) is 27.2. The normalized spacial score (nSPS) is 24.8. The molecule has 0 radical (unpaired) electrons. The summed E-state index contributed by atoms with van der Waals surface area (Å²) in [4.78, 5) is 23.9. The van der Waals surface area contributed by atoms with E-state index in [9.17, 15) is 4.79 Å². The molecule has 3 heterocycles. The second kappa shape index (κ2) is 12.3. The van der Waals surface area contributed by atoms with Crippen molar-refractivity contribution >= 4 is 36.0 Å². The van der Waals surface area contributed by atoms with Gasteiger partial charge in [0.15, 0.2) is 5.96 Å². The van der Waals surface area contributed by atoms with Crippen LogP contribution in [-0.2, 0) is 4.74 Å². The molecule has 0 aromatic carbocycles. The largest absolute Gasteiger partial charge is 0.444 e. The van der Waals surface area contributed by atoms with Crippen molar-refractivity contribution in [2.24, 2.45) is 10.9 Å². The number of nitrogens with zero attached hydrogens (tertiary/aromatic N) is 4. The van der Waals surface area contributed by atoms with Gasteiger partial charge < -0.3 is 20.3 Å². The summed E-state index contributed by atoms with van der Waals surface area (Å²) in [7, 11) is 3.88. The van der Waals surface area contributed by atoms with E-state index in [1.54, 1.807) is 0 Å². The zero-order valence-corrected chi connectivity index (χ0v) is 22.2. The minimum Gasteiger partial charge on any atom is -0.444 e. The molecule has 9 heteroatoms. The lowest BCUT2D eigenvalue weighted by atomic mass is 10.0. The van der Waals surface area contributed by atoms with Crippen molar-refractivity contribution in [2.75, 3.05) is 59.9 Å². The number of halogens is 1. The van der Waals surface area contributed by atoms with E-state index in [4.69, 9.17) is 4.74 Å². The third kappa shape index (κ3) is 8.74. The van der Waals surface area contributed by atoms with Crippen molar-refractivity contribution < 1.29 is 9.53 Å². The minimum absolute atomic E-state index is 0. The average Bonchev–Trinajstić information content (AvgIpc) is 2.64. The second-order valence-electron chi connectivity index (χ2n) is 9.63. The van der Waals surface area contributed by atoms with E-state index < -0.39 is 5.60 Å². The number of rotatable bonds is 7. The summed E-state index contributed by atoms with van der Waals surface area (Å²) in [6.45, 7) is 17.5. The smallest absolute Gasteiger partial charge is 0.407 e. The molecule has 2 atom stereocenters. The maximum atomic E-state index is 12.2. The Morgan fingerprint density at radius 1 is 1.23 bits per heavy atom. The maximum absolute atomic E-state index is 12.2. The van der Waals surface area contributed by atoms with E-state index in [0.717, 1.165) is 32.0 Å². The molecule has 0 saturated carbocycles. The predicted octanol–water partition coefficient (Wildman–Crippen LogP) is 2.05. The van der Waals surface area contributed by atoms with Crippen LogP contribution in [0.3, 0.4) is 0 Å².